The first kappa shape index (κ1) is 14.2. The van der Waals surface area contributed by atoms with Crippen LogP contribution in [0.4, 0.5) is 0 Å². The molecule has 106 valence electrons. The number of amides is 1. The molecule has 0 fully saturated rings. The highest BCUT2D eigenvalue weighted by Gasteiger charge is 2.22. The van der Waals surface area contributed by atoms with Crippen LogP contribution in [0, 0.1) is 6.92 Å². The molecule has 2 rings (SSSR count). The van der Waals surface area contributed by atoms with Gasteiger partial charge in [-0.3, -0.25) is 14.2 Å². The molecular weight excluding hydrogens is 254 g/mol. The minimum atomic E-state index is -0.506. The van der Waals surface area contributed by atoms with Crippen LogP contribution in [0.2, 0.25) is 0 Å². The molecule has 0 aliphatic carbocycles. The van der Waals surface area contributed by atoms with E-state index in [1.54, 1.807) is 14.1 Å². The minimum Gasteiger partial charge on any atom is -0.347 e. The Morgan fingerprint density at radius 2 is 2.10 bits per heavy atom. The lowest BCUT2D eigenvalue weighted by molar-refractivity contribution is -0.132. The zero-order chi connectivity index (χ0) is 14.9. The lowest BCUT2D eigenvalue weighted by Crippen LogP contribution is -2.36. The fourth-order valence-electron chi connectivity index (χ4n) is 2.35. The van der Waals surface area contributed by atoms with Crippen LogP contribution < -0.4 is 5.56 Å². The molecule has 20 heavy (non-hydrogen) atoms. The van der Waals surface area contributed by atoms with Crippen LogP contribution in [0.1, 0.15) is 24.9 Å². The fourth-order valence-corrected chi connectivity index (χ4v) is 2.35. The van der Waals surface area contributed by atoms with Crippen LogP contribution in [-0.4, -0.2) is 34.5 Å². The summed E-state index contributed by atoms with van der Waals surface area (Å²) in [6.45, 7) is 3.77. The van der Waals surface area contributed by atoms with Crippen molar-refractivity contribution in [3.63, 3.8) is 0 Å². The van der Waals surface area contributed by atoms with Gasteiger partial charge in [-0.25, -0.2) is 4.98 Å². The maximum atomic E-state index is 12.6. The smallest absolute Gasteiger partial charge is 0.262 e. The zero-order valence-corrected chi connectivity index (χ0v) is 12.3. The van der Waals surface area contributed by atoms with Crippen molar-refractivity contribution in [3.05, 3.63) is 40.4 Å². The van der Waals surface area contributed by atoms with Crippen molar-refractivity contribution in [2.45, 2.75) is 26.3 Å². The highest BCUT2D eigenvalue weighted by Crippen LogP contribution is 2.15. The first-order valence-corrected chi connectivity index (χ1v) is 6.65. The van der Waals surface area contributed by atoms with E-state index in [9.17, 15) is 9.59 Å². The predicted molar refractivity (Wildman–Crippen MR) is 78.8 cm³/mol. The van der Waals surface area contributed by atoms with E-state index >= 15 is 0 Å². The number of benzene rings is 1. The van der Waals surface area contributed by atoms with Crippen molar-refractivity contribution in [3.8, 4) is 0 Å². The molecule has 0 spiro atoms. The topological polar surface area (TPSA) is 55.2 Å². The lowest BCUT2D eigenvalue weighted by Gasteiger charge is -2.21. The van der Waals surface area contributed by atoms with Crippen molar-refractivity contribution in [2.75, 3.05) is 14.1 Å². The molecule has 0 saturated carbocycles. The van der Waals surface area contributed by atoms with Crippen LogP contribution in [0.25, 0.3) is 10.9 Å². The molecule has 1 aromatic carbocycles. The molecule has 0 radical (unpaired) electrons. The van der Waals surface area contributed by atoms with E-state index in [2.05, 4.69) is 4.98 Å². The van der Waals surface area contributed by atoms with Gasteiger partial charge in [0, 0.05) is 14.1 Å². The summed E-state index contributed by atoms with van der Waals surface area (Å²) in [4.78, 5) is 30.6. The summed E-state index contributed by atoms with van der Waals surface area (Å²) in [5, 5.41) is 0.583. The summed E-state index contributed by atoms with van der Waals surface area (Å²) in [5.41, 5.74) is 1.38. The number of aryl methyl sites for hydroxylation is 1. The van der Waals surface area contributed by atoms with Gasteiger partial charge in [0.2, 0.25) is 5.91 Å². The average Bonchev–Trinajstić information content (AvgIpc) is 2.41. The van der Waals surface area contributed by atoms with E-state index in [1.165, 1.54) is 15.8 Å². The minimum absolute atomic E-state index is 0.0932. The zero-order valence-electron chi connectivity index (χ0n) is 12.3. The third kappa shape index (κ3) is 2.31. The quantitative estimate of drug-likeness (QED) is 0.856. The molecule has 1 aromatic heterocycles. The van der Waals surface area contributed by atoms with Gasteiger partial charge in [-0.15, -0.1) is 0 Å². The SMILES string of the molecule is CC[C@@H](C(=O)N(C)C)n1cnc2cccc(C)c2c1=O. The molecule has 0 aliphatic rings. The van der Waals surface area contributed by atoms with Crippen LogP contribution in [0.15, 0.2) is 29.3 Å². The number of carbonyl (C=O) groups excluding carboxylic acids is 1. The van der Waals surface area contributed by atoms with Crippen molar-refractivity contribution in [1.29, 1.82) is 0 Å². The van der Waals surface area contributed by atoms with Crippen LogP contribution in [0.5, 0.6) is 0 Å². The van der Waals surface area contributed by atoms with Gasteiger partial charge in [-0.1, -0.05) is 19.1 Å². The summed E-state index contributed by atoms with van der Waals surface area (Å²) in [7, 11) is 3.38. The van der Waals surface area contributed by atoms with Gasteiger partial charge in [-0.2, -0.15) is 0 Å². The van der Waals surface area contributed by atoms with E-state index in [0.29, 0.717) is 17.3 Å². The number of fused-ring (bicyclic) bond motifs is 1. The summed E-state index contributed by atoms with van der Waals surface area (Å²) in [6, 6.07) is 5.05. The predicted octanol–water partition coefficient (Wildman–Crippen LogP) is 1.74. The second-order valence-corrected chi connectivity index (χ2v) is 5.08. The molecule has 0 aliphatic heterocycles. The van der Waals surface area contributed by atoms with Crippen molar-refractivity contribution < 1.29 is 4.79 Å². The summed E-state index contributed by atoms with van der Waals surface area (Å²) < 4.78 is 1.44. The normalized spacial score (nSPS) is 12.4. The van der Waals surface area contributed by atoms with Gasteiger partial charge in [0.1, 0.15) is 6.04 Å². The number of nitrogens with zero attached hydrogens (tertiary/aromatic N) is 3. The highest BCUT2D eigenvalue weighted by atomic mass is 16.2. The lowest BCUT2D eigenvalue weighted by atomic mass is 10.1. The van der Waals surface area contributed by atoms with E-state index in [-0.39, 0.29) is 11.5 Å². The first-order valence-electron chi connectivity index (χ1n) is 6.65. The second kappa shape index (κ2) is 5.45. The fraction of sp³-hybridized carbons (Fsp3) is 0.400. The number of likely N-dealkylation sites (N-methyl/N-ethyl adjacent to an activating group) is 1. The van der Waals surface area contributed by atoms with Gasteiger partial charge in [-0.05, 0) is 25.0 Å². The molecule has 0 unspecified atom stereocenters. The number of aromatic nitrogens is 2. The summed E-state index contributed by atoms with van der Waals surface area (Å²) in [5.74, 6) is -0.0932. The molecule has 2 aromatic rings. The molecule has 1 amide bonds. The molecule has 5 heteroatoms. The van der Waals surface area contributed by atoms with Gasteiger partial charge in [0.15, 0.2) is 0 Å². The Bertz CT molecular complexity index is 704. The maximum Gasteiger partial charge on any atom is 0.262 e. The standard InChI is InChI=1S/C15H19N3O2/c1-5-12(14(19)17(3)4)18-9-16-11-8-6-7-10(2)13(11)15(18)20/h6-9,12H,5H2,1-4H3/t12-/m0/s1. The number of hydrogen-bond donors (Lipinski definition) is 0. The molecule has 1 heterocycles. The highest BCUT2D eigenvalue weighted by molar-refractivity contribution is 5.83. The van der Waals surface area contributed by atoms with E-state index in [0.717, 1.165) is 5.56 Å². The Labute approximate surface area is 117 Å². The van der Waals surface area contributed by atoms with Crippen molar-refractivity contribution in [1.82, 2.24) is 14.5 Å². The Balaban J connectivity index is 2.66. The van der Waals surface area contributed by atoms with Gasteiger partial charge in [0.25, 0.3) is 5.56 Å². The summed E-state index contributed by atoms with van der Waals surface area (Å²) >= 11 is 0. The molecule has 1 atom stereocenters. The van der Waals surface area contributed by atoms with Crippen molar-refractivity contribution in [2.24, 2.45) is 0 Å². The molecule has 5 nitrogen and oxygen atoms in total. The Morgan fingerprint density at radius 1 is 1.40 bits per heavy atom. The Hall–Kier alpha value is -2.17. The second-order valence-electron chi connectivity index (χ2n) is 5.08. The molecule has 0 N–H and O–H groups in total. The largest absolute Gasteiger partial charge is 0.347 e. The van der Waals surface area contributed by atoms with E-state index in [1.807, 2.05) is 32.0 Å². The van der Waals surface area contributed by atoms with Crippen LogP contribution >= 0.6 is 0 Å². The third-order valence-corrected chi connectivity index (χ3v) is 3.47. The number of hydrogen-bond acceptors (Lipinski definition) is 3. The first-order chi connectivity index (χ1) is 9.47. The van der Waals surface area contributed by atoms with E-state index < -0.39 is 6.04 Å². The maximum absolute atomic E-state index is 12.6. The van der Waals surface area contributed by atoms with Gasteiger partial charge in [0.05, 0.1) is 17.2 Å². The summed E-state index contributed by atoms with van der Waals surface area (Å²) in [6.07, 6.45) is 2.02. The van der Waals surface area contributed by atoms with Gasteiger partial charge < -0.3 is 4.90 Å². The Morgan fingerprint density at radius 3 is 2.70 bits per heavy atom. The average molecular weight is 273 g/mol. The van der Waals surface area contributed by atoms with E-state index in [4.69, 9.17) is 0 Å². The number of rotatable bonds is 3. The van der Waals surface area contributed by atoms with Crippen LogP contribution in [-0.2, 0) is 4.79 Å². The molecule has 0 bridgehead atoms. The molecular formula is C15H19N3O2. The number of carbonyl (C=O) groups is 1. The third-order valence-electron chi connectivity index (χ3n) is 3.47. The molecule has 0 saturated heterocycles. The van der Waals surface area contributed by atoms with Crippen LogP contribution in [0.3, 0.4) is 0 Å². The van der Waals surface area contributed by atoms with Gasteiger partial charge >= 0.3 is 0 Å². The Kier molecular flexibility index (Phi) is 3.88. The monoisotopic (exact) mass is 273 g/mol. The van der Waals surface area contributed by atoms with Crippen molar-refractivity contribution >= 4 is 16.8 Å².